The third kappa shape index (κ3) is 3.61. The first-order chi connectivity index (χ1) is 13.1. The number of rotatable bonds is 3. The van der Waals surface area contributed by atoms with Gasteiger partial charge in [-0.1, -0.05) is 17.7 Å². The predicted octanol–water partition coefficient (Wildman–Crippen LogP) is 2.42. The first-order valence-corrected chi connectivity index (χ1v) is 8.82. The number of amides is 1. The summed E-state index contributed by atoms with van der Waals surface area (Å²) in [5.74, 6) is -0.630. The largest absolute Gasteiger partial charge is 0.368 e. The molecule has 0 spiro atoms. The number of tetrazole rings is 1. The predicted molar refractivity (Wildman–Crippen MR) is 98.7 cm³/mol. The van der Waals surface area contributed by atoms with Gasteiger partial charge in [-0.05, 0) is 40.8 Å². The monoisotopic (exact) mass is 386 g/mol. The molecule has 0 atom stereocenters. The Morgan fingerprint density at radius 2 is 1.89 bits per heavy atom. The molecule has 9 heteroatoms. The Kier molecular flexibility index (Phi) is 4.72. The third-order valence-electron chi connectivity index (χ3n) is 4.53. The van der Waals surface area contributed by atoms with Gasteiger partial charge in [0.2, 0.25) is 0 Å². The molecule has 1 aliphatic heterocycles. The molecule has 1 aliphatic rings. The summed E-state index contributed by atoms with van der Waals surface area (Å²) in [7, 11) is 0. The average molecular weight is 387 g/mol. The van der Waals surface area contributed by atoms with Crippen molar-refractivity contribution in [1.29, 1.82) is 0 Å². The number of benzene rings is 2. The Bertz CT molecular complexity index is 956. The van der Waals surface area contributed by atoms with Gasteiger partial charge in [0.1, 0.15) is 12.1 Å². The number of aromatic nitrogens is 4. The maximum Gasteiger partial charge on any atom is 0.256 e. The van der Waals surface area contributed by atoms with Crippen LogP contribution in [-0.4, -0.2) is 57.2 Å². The Labute approximate surface area is 159 Å². The fourth-order valence-electron chi connectivity index (χ4n) is 3.16. The molecule has 0 radical (unpaired) electrons. The van der Waals surface area contributed by atoms with Gasteiger partial charge in [-0.15, -0.1) is 5.10 Å². The van der Waals surface area contributed by atoms with E-state index in [-0.39, 0.29) is 5.91 Å². The Hall–Kier alpha value is -3.00. The van der Waals surface area contributed by atoms with Crippen LogP contribution in [0.2, 0.25) is 5.02 Å². The second kappa shape index (κ2) is 7.32. The van der Waals surface area contributed by atoms with Gasteiger partial charge < -0.3 is 9.80 Å². The van der Waals surface area contributed by atoms with Crippen LogP contribution >= 0.6 is 11.6 Å². The maximum atomic E-state index is 13.7. The molecule has 0 N–H and O–H groups in total. The highest BCUT2D eigenvalue weighted by molar-refractivity contribution is 6.30. The SMILES string of the molecule is O=C(c1ccc(F)cc1-n1cnnn1)N1CCN(c2cccc(Cl)c2)CC1. The fourth-order valence-corrected chi connectivity index (χ4v) is 3.34. The van der Waals surface area contributed by atoms with Crippen LogP contribution in [0.1, 0.15) is 10.4 Å². The summed E-state index contributed by atoms with van der Waals surface area (Å²) in [6, 6.07) is 11.6. The van der Waals surface area contributed by atoms with Gasteiger partial charge in [-0.2, -0.15) is 4.68 Å². The summed E-state index contributed by atoms with van der Waals surface area (Å²) >= 11 is 6.06. The van der Waals surface area contributed by atoms with Crippen molar-refractivity contribution < 1.29 is 9.18 Å². The van der Waals surface area contributed by atoms with E-state index in [1.807, 2.05) is 24.3 Å². The van der Waals surface area contributed by atoms with Crippen molar-refractivity contribution in [2.75, 3.05) is 31.1 Å². The second-order valence-corrected chi connectivity index (χ2v) is 6.61. The van der Waals surface area contributed by atoms with Crippen molar-refractivity contribution in [3.05, 3.63) is 65.2 Å². The van der Waals surface area contributed by atoms with E-state index in [4.69, 9.17) is 11.6 Å². The van der Waals surface area contributed by atoms with Crippen molar-refractivity contribution in [3.63, 3.8) is 0 Å². The van der Waals surface area contributed by atoms with Crippen molar-refractivity contribution >= 4 is 23.2 Å². The lowest BCUT2D eigenvalue weighted by atomic mass is 10.1. The van der Waals surface area contributed by atoms with Gasteiger partial charge in [-0.3, -0.25) is 4.79 Å². The first kappa shape index (κ1) is 17.4. The molecule has 3 aromatic rings. The zero-order valence-corrected chi connectivity index (χ0v) is 15.1. The lowest BCUT2D eigenvalue weighted by Gasteiger charge is -2.36. The number of nitrogens with zero attached hydrogens (tertiary/aromatic N) is 6. The zero-order valence-electron chi connectivity index (χ0n) is 14.3. The topological polar surface area (TPSA) is 67.2 Å². The van der Waals surface area contributed by atoms with Crippen LogP contribution in [0, 0.1) is 5.82 Å². The molecule has 0 aliphatic carbocycles. The summed E-state index contributed by atoms with van der Waals surface area (Å²) in [5, 5.41) is 11.6. The summed E-state index contributed by atoms with van der Waals surface area (Å²) in [4.78, 5) is 16.9. The molecular weight excluding hydrogens is 371 g/mol. The normalized spacial score (nSPS) is 14.4. The highest BCUT2D eigenvalue weighted by atomic mass is 35.5. The number of halogens is 2. The number of anilines is 1. The molecule has 0 unspecified atom stereocenters. The first-order valence-electron chi connectivity index (χ1n) is 8.44. The third-order valence-corrected chi connectivity index (χ3v) is 4.76. The van der Waals surface area contributed by atoms with Crippen molar-refractivity contribution in [2.45, 2.75) is 0 Å². The van der Waals surface area contributed by atoms with Crippen LogP contribution in [0.5, 0.6) is 0 Å². The van der Waals surface area contributed by atoms with Gasteiger partial charge in [0.05, 0.1) is 11.3 Å². The van der Waals surface area contributed by atoms with E-state index in [0.29, 0.717) is 42.5 Å². The number of piperazine rings is 1. The molecular formula is C18H16ClFN6O. The van der Waals surface area contributed by atoms with Gasteiger partial charge in [-0.25, -0.2) is 4.39 Å². The number of hydrogen-bond acceptors (Lipinski definition) is 5. The molecule has 2 heterocycles. The summed E-state index contributed by atoms with van der Waals surface area (Å²) in [5.41, 5.74) is 1.72. The van der Waals surface area contributed by atoms with E-state index < -0.39 is 5.82 Å². The van der Waals surface area contributed by atoms with E-state index in [9.17, 15) is 9.18 Å². The molecule has 1 saturated heterocycles. The number of carbonyl (C=O) groups is 1. The van der Waals surface area contributed by atoms with Crippen LogP contribution in [0.25, 0.3) is 5.69 Å². The van der Waals surface area contributed by atoms with Gasteiger partial charge in [0.15, 0.2) is 0 Å². The summed E-state index contributed by atoms with van der Waals surface area (Å²) in [6.07, 6.45) is 1.34. The van der Waals surface area contributed by atoms with E-state index in [1.165, 1.54) is 29.2 Å². The second-order valence-electron chi connectivity index (χ2n) is 6.17. The molecule has 1 amide bonds. The Balaban J connectivity index is 1.52. The average Bonchev–Trinajstić information content (AvgIpc) is 3.22. The molecule has 4 rings (SSSR count). The lowest BCUT2D eigenvalue weighted by molar-refractivity contribution is 0.0746. The van der Waals surface area contributed by atoms with Gasteiger partial charge in [0.25, 0.3) is 5.91 Å². The summed E-state index contributed by atoms with van der Waals surface area (Å²) < 4.78 is 15.0. The molecule has 1 aromatic heterocycles. The molecule has 138 valence electrons. The molecule has 7 nitrogen and oxygen atoms in total. The van der Waals surface area contributed by atoms with Gasteiger partial charge in [0, 0.05) is 43.0 Å². The lowest BCUT2D eigenvalue weighted by Crippen LogP contribution is -2.49. The standard InChI is InChI=1S/C18H16ClFN6O/c19-13-2-1-3-15(10-13)24-6-8-25(9-7-24)18(27)16-5-4-14(20)11-17(16)26-12-21-22-23-26/h1-5,10-12H,6-9H2. The number of carbonyl (C=O) groups excluding carboxylic acids is 1. The smallest absolute Gasteiger partial charge is 0.256 e. The maximum absolute atomic E-state index is 13.7. The van der Waals surface area contributed by atoms with Crippen molar-refractivity contribution in [1.82, 2.24) is 25.1 Å². The highest BCUT2D eigenvalue weighted by Gasteiger charge is 2.25. The van der Waals surface area contributed by atoms with Crippen molar-refractivity contribution in [2.24, 2.45) is 0 Å². The van der Waals surface area contributed by atoms with E-state index in [2.05, 4.69) is 20.4 Å². The summed E-state index contributed by atoms with van der Waals surface area (Å²) in [6.45, 7) is 2.48. The Morgan fingerprint density at radius 3 is 2.59 bits per heavy atom. The number of hydrogen-bond donors (Lipinski definition) is 0. The Morgan fingerprint density at radius 1 is 1.07 bits per heavy atom. The van der Waals surface area contributed by atoms with E-state index >= 15 is 0 Å². The molecule has 27 heavy (non-hydrogen) atoms. The van der Waals surface area contributed by atoms with Crippen LogP contribution in [0.15, 0.2) is 48.8 Å². The minimum atomic E-state index is -0.456. The van der Waals surface area contributed by atoms with Crippen LogP contribution in [0.4, 0.5) is 10.1 Å². The molecule has 0 bridgehead atoms. The molecule has 0 saturated carbocycles. The fraction of sp³-hybridized carbons (Fsp3) is 0.222. The quantitative estimate of drug-likeness (QED) is 0.691. The molecule has 1 fully saturated rings. The highest BCUT2D eigenvalue weighted by Crippen LogP contribution is 2.22. The molecule has 2 aromatic carbocycles. The van der Waals surface area contributed by atoms with Crippen LogP contribution in [0.3, 0.4) is 0 Å². The van der Waals surface area contributed by atoms with Crippen LogP contribution < -0.4 is 4.90 Å². The van der Waals surface area contributed by atoms with E-state index in [1.54, 1.807) is 4.90 Å². The zero-order chi connectivity index (χ0) is 18.8. The van der Waals surface area contributed by atoms with Crippen molar-refractivity contribution in [3.8, 4) is 5.69 Å². The van der Waals surface area contributed by atoms with E-state index in [0.717, 1.165) is 5.69 Å². The minimum Gasteiger partial charge on any atom is -0.368 e. The minimum absolute atomic E-state index is 0.175. The van der Waals surface area contributed by atoms with Crippen LogP contribution in [-0.2, 0) is 0 Å². The van der Waals surface area contributed by atoms with Gasteiger partial charge >= 0.3 is 0 Å².